The van der Waals surface area contributed by atoms with Gasteiger partial charge in [-0.3, -0.25) is 0 Å². The zero-order chi connectivity index (χ0) is 17.1. The summed E-state index contributed by atoms with van der Waals surface area (Å²) in [5.74, 6) is 1.67. The van der Waals surface area contributed by atoms with Gasteiger partial charge in [0, 0.05) is 16.4 Å². The van der Waals surface area contributed by atoms with Crippen molar-refractivity contribution in [1.29, 1.82) is 0 Å². The quantitative estimate of drug-likeness (QED) is 0.659. The van der Waals surface area contributed by atoms with Gasteiger partial charge in [-0.05, 0) is 43.7 Å². The SMILES string of the molecule is Cc1cccc(Nc2ncnc(Nc3cc(Cl)ccc3C)c2N)n1. The van der Waals surface area contributed by atoms with Crippen LogP contribution in [0.25, 0.3) is 0 Å². The van der Waals surface area contributed by atoms with Crippen molar-refractivity contribution in [2.45, 2.75) is 13.8 Å². The summed E-state index contributed by atoms with van der Waals surface area (Å²) in [6.07, 6.45) is 1.44. The molecule has 1 aromatic carbocycles. The smallest absolute Gasteiger partial charge is 0.160 e. The minimum atomic E-state index is 0.403. The molecule has 0 aliphatic carbocycles. The highest BCUT2D eigenvalue weighted by atomic mass is 35.5. The lowest BCUT2D eigenvalue weighted by molar-refractivity contribution is 1.15. The number of nitrogens with two attached hydrogens (primary N) is 1. The number of benzene rings is 1. The number of nitrogens with zero attached hydrogens (tertiary/aromatic N) is 3. The van der Waals surface area contributed by atoms with E-state index in [-0.39, 0.29) is 0 Å². The molecule has 0 bridgehead atoms. The second kappa shape index (κ2) is 6.72. The molecule has 0 amide bonds. The van der Waals surface area contributed by atoms with E-state index in [0.717, 1.165) is 16.9 Å². The Morgan fingerprint density at radius 3 is 2.50 bits per heavy atom. The summed E-state index contributed by atoms with van der Waals surface area (Å²) in [6, 6.07) is 11.3. The van der Waals surface area contributed by atoms with Crippen LogP contribution in [0, 0.1) is 13.8 Å². The number of halogens is 1. The standard InChI is InChI=1S/C17H17ClN6/c1-10-6-7-12(18)8-13(10)23-16-15(19)17(21-9-20-16)24-14-5-3-4-11(2)22-14/h3-9H,19H2,1-2H3,(H2,20,21,22,23,24). The van der Waals surface area contributed by atoms with Gasteiger partial charge in [0.1, 0.15) is 17.8 Å². The number of rotatable bonds is 4. The average Bonchev–Trinajstić information content (AvgIpc) is 2.55. The summed E-state index contributed by atoms with van der Waals surface area (Å²) < 4.78 is 0. The number of anilines is 5. The van der Waals surface area contributed by atoms with Crippen LogP contribution in [0.4, 0.5) is 28.8 Å². The van der Waals surface area contributed by atoms with Crippen LogP contribution in [-0.2, 0) is 0 Å². The molecule has 122 valence electrons. The van der Waals surface area contributed by atoms with Gasteiger partial charge in [-0.15, -0.1) is 0 Å². The third-order valence-corrected chi connectivity index (χ3v) is 3.71. The van der Waals surface area contributed by atoms with E-state index in [1.165, 1.54) is 6.33 Å². The molecule has 0 radical (unpaired) electrons. The van der Waals surface area contributed by atoms with Crippen LogP contribution in [0.3, 0.4) is 0 Å². The topological polar surface area (TPSA) is 88.8 Å². The predicted octanol–water partition coefficient (Wildman–Crippen LogP) is 4.21. The molecule has 2 aromatic heterocycles. The molecule has 0 saturated carbocycles. The van der Waals surface area contributed by atoms with E-state index in [9.17, 15) is 0 Å². The third-order valence-electron chi connectivity index (χ3n) is 3.47. The highest BCUT2D eigenvalue weighted by Gasteiger charge is 2.10. The van der Waals surface area contributed by atoms with Gasteiger partial charge in [-0.2, -0.15) is 0 Å². The summed E-state index contributed by atoms with van der Waals surface area (Å²) in [6.45, 7) is 3.90. The highest BCUT2D eigenvalue weighted by Crippen LogP contribution is 2.29. The molecule has 3 aromatic rings. The van der Waals surface area contributed by atoms with Gasteiger partial charge in [0.15, 0.2) is 11.6 Å². The van der Waals surface area contributed by atoms with Crippen molar-refractivity contribution in [2.75, 3.05) is 16.4 Å². The van der Waals surface area contributed by atoms with Crippen molar-refractivity contribution in [3.05, 3.63) is 59.0 Å². The molecule has 4 N–H and O–H groups in total. The summed E-state index contributed by atoms with van der Waals surface area (Å²) >= 11 is 6.05. The maximum Gasteiger partial charge on any atom is 0.160 e. The number of hydrogen-bond donors (Lipinski definition) is 3. The summed E-state index contributed by atoms with van der Waals surface area (Å²) in [5, 5.41) is 6.95. The van der Waals surface area contributed by atoms with E-state index < -0.39 is 0 Å². The molecule has 6 nitrogen and oxygen atoms in total. The molecule has 3 rings (SSSR count). The van der Waals surface area contributed by atoms with Crippen LogP contribution in [0.2, 0.25) is 5.02 Å². The minimum absolute atomic E-state index is 0.403. The number of nitrogens with one attached hydrogen (secondary N) is 2. The fraction of sp³-hybridized carbons (Fsp3) is 0.118. The number of aromatic nitrogens is 3. The lowest BCUT2D eigenvalue weighted by Gasteiger charge is -2.14. The lowest BCUT2D eigenvalue weighted by Crippen LogP contribution is -2.06. The number of pyridine rings is 1. The summed E-state index contributed by atoms with van der Waals surface area (Å²) in [4.78, 5) is 12.8. The van der Waals surface area contributed by atoms with E-state index >= 15 is 0 Å². The molecule has 0 aliphatic heterocycles. The molecule has 24 heavy (non-hydrogen) atoms. The van der Waals surface area contributed by atoms with Gasteiger partial charge in [-0.25, -0.2) is 15.0 Å². The van der Waals surface area contributed by atoms with Crippen LogP contribution in [0.1, 0.15) is 11.3 Å². The first-order valence-corrected chi connectivity index (χ1v) is 7.75. The molecule has 0 unspecified atom stereocenters. The molecule has 0 aliphatic rings. The van der Waals surface area contributed by atoms with Gasteiger partial charge in [0.25, 0.3) is 0 Å². The largest absolute Gasteiger partial charge is 0.393 e. The Bertz CT molecular complexity index is 881. The van der Waals surface area contributed by atoms with Gasteiger partial charge in [-0.1, -0.05) is 23.7 Å². The fourth-order valence-corrected chi connectivity index (χ4v) is 2.36. The van der Waals surface area contributed by atoms with Crippen LogP contribution in [-0.4, -0.2) is 15.0 Å². The van der Waals surface area contributed by atoms with Crippen molar-refractivity contribution in [1.82, 2.24) is 15.0 Å². The first-order valence-electron chi connectivity index (χ1n) is 7.37. The van der Waals surface area contributed by atoms with Crippen molar-refractivity contribution in [3.8, 4) is 0 Å². The fourth-order valence-electron chi connectivity index (χ4n) is 2.19. The van der Waals surface area contributed by atoms with E-state index in [1.54, 1.807) is 0 Å². The normalized spacial score (nSPS) is 10.5. The van der Waals surface area contributed by atoms with Crippen molar-refractivity contribution in [3.63, 3.8) is 0 Å². The second-order valence-corrected chi connectivity index (χ2v) is 5.79. The molecule has 0 saturated heterocycles. The molecule has 0 spiro atoms. The monoisotopic (exact) mass is 340 g/mol. The molecular weight excluding hydrogens is 324 g/mol. The first kappa shape index (κ1) is 16.0. The Labute approximate surface area is 145 Å². The summed E-state index contributed by atoms with van der Waals surface area (Å²) in [5.41, 5.74) is 9.38. The van der Waals surface area contributed by atoms with Crippen LogP contribution < -0.4 is 16.4 Å². The highest BCUT2D eigenvalue weighted by molar-refractivity contribution is 6.30. The van der Waals surface area contributed by atoms with Gasteiger partial charge < -0.3 is 16.4 Å². The van der Waals surface area contributed by atoms with Crippen LogP contribution >= 0.6 is 11.6 Å². The van der Waals surface area contributed by atoms with Crippen molar-refractivity contribution >= 4 is 40.4 Å². The molecule has 0 atom stereocenters. The Morgan fingerprint density at radius 1 is 1.00 bits per heavy atom. The van der Waals surface area contributed by atoms with E-state index in [4.69, 9.17) is 17.3 Å². The van der Waals surface area contributed by atoms with E-state index in [2.05, 4.69) is 25.6 Å². The zero-order valence-corrected chi connectivity index (χ0v) is 14.1. The Hall–Kier alpha value is -2.86. The Morgan fingerprint density at radius 2 is 1.75 bits per heavy atom. The van der Waals surface area contributed by atoms with Gasteiger partial charge in [0.2, 0.25) is 0 Å². The van der Waals surface area contributed by atoms with Crippen LogP contribution in [0.5, 0.6) is 0 Å². The lowest BCUT2D eigenvalue weighted by atomic mass is 10.2. The van der Waals surface area contributed by atoms with Crippen molar-refractivity contribution < 1.29 is 0 Å². The zero-order valence-electron chi connectivity index (χ0n) is 13.3. The third kappa shape index (κ3) is 3.55. The first-order chi connectivity index (χ1) is 11.5. The Balaban J connectivity index is 1.89. The average molecular weight is 341 g/mol. The van der Waals surface area contributed by atoms with Crippen LogP contribution in [0.15, 0.2) is 42.7 Å². The van der Waals surface area contributed by atoms with Crippen molar-refractivity contribution in [2.24, 2.45) is 0 Å². The maximum atomic E-state index is 6.19. The summed E-state index contributed by atoms with van der Waals surface area (Å²) in [7, 11) is 0. The van der Waals surface area contributed by atoms with E-state index in [1.807, 2.05) is 50.2 Å². The second-order valence-electron chi connectivity index (χ2n) is 5.36. The van der Waals surface area contributed by atoms with E-state index in [0.29, 0.717) is 28.2 Å². The van der Waals surface area contributed by atoms with Gasteiger partial charge in [0.05, 0.1) is 0 Å². The Kier molecular flexibility index (Phi) is 4.48. The molecular formula is C17H17ClN6. The number of aryl methyl sites for hydroxylation is 2. The van der Waals surface area contributed by atoms with Gasteiger partial charge >= 0.3 is 0 Å². The minimum Gasteiger partial charge on any atom is -0.393 e. The molecule has 2 heterocycles. The molecule has 7 heteroatoms. The predicted molar refractivity (Wildman–Crippen MR) is 98.2 cm³/mol. The maximum absolute atomic E-state index is 6.19. The molecule has 0 fully saturated rings. The number of nitrogen functional groups attached to an aromatic ring is 1. The number of hydrogen-bond acceptors (Lipinski definition) is 6.